The predicted molar refractivity (Wildman–Crippen MR) is 83.2 cm³/mol. The molecule has 0 radical (unpaired) electrons. The predicted octanol–water partition coefficient (Wildman–Crippen LogP) is 1.56. The third-order valence-electron chi connectivity index (χ3n) is 3.11. The zero-order valence-corrected chi connectivity index (χ0v) is 13.2. The van der Waals surface area contributed by atoms with Crippen molar-refractivity contribution in [2.24, 2.45) is 0 Å². The molecule has 8 nitrogen and oxygen atoms in total. The number of carboxylic acid groups (broad SMARTS) is 1. The molecule has 0 bridgehead atoms. The van der Waals surface area contributed by atoms with Gasteiger partial charge in [-0.05, 0) is 19.1 Å². The van der Waals surface area contributed by atoms with Crippen LogP contribution < -0.4 is 5.32 Å². The van der Waals surface area contributed by atoms with E-state index in [1.54, 1.807) is 19.1 Å². The number of nitrogens with zero attached hydrogens (tertiary/aromatic N) is 1. The molecule has 2 aromatic heterocycles. The number of aromatic nitrogens is 1. The molecule has 0 aliphatic rings. The summed E-state index contributed by atoms with van der Waals surface area (Å²) in [5.41, 5.74) is 0.412. The van der Waals surface area contributed by atoms with Gasteiger partial charge in [0.1, 0.15) is 5.76 Å². The highest BCUT2D eigenvalue weighted by Gasteiger charge is 2.22. The number of aliphatic carboxylic acids is 1. The molecule has 1 unspecified atom stereocenters. The zero-order chi connectivity index (χ0) is 17.5. The van der Waals surface area contributed by atoms with Crippen molar-refractivity contribution in [2.45, 2.75) is 19.4 Å². The van der Waals surface area contributed by atoms with E-state index < -0.39 is 17.9 Å². The van der Waals surface area contributed by atoms with Crippen LogP contribution in [0.2, 0.25) is 0 Å². The Balaban J connectivity index is 1.98. The van der Waals surface area contributed by atoms with Crippen molar-refractivity contribution < 1.29 is 28.3 Å². The summed E-state index contributed by atoms with van der Waals surface area (Å²) >= 11 is 0. The Labute approximate surface area is 138 Å². The molecule has 0 saturated heterocycles. The molecule has 0 fully saturated rings. The van der Waals surface area contributed by atoms with Crippen molar-refractivity contribution in [1.82, 2.24) is 10.3 Å². The van der Waals surface area contributed by atoms with Gasteiger partial charge in [0, 0.05) is 0 Å². The van der Waals surface area contributed by atoms with E-state index in [-0.39, 0.29) is 25.5 Å². The van der Waals surface area contributed by atoms with Crippen molar-refractivity contribution in [3.05, 3.63) is 42.5 Å². The largest absolute Gasteiger partial charge is 0.480 e. The normalized spacial score (nSPS) is 11.9. The average Bonchev–Trinajstić information content (AvgIpc) is 3.17. The number of ether oxygens (including phenoxy) is 1. The number of hydrogen-bond acceptors (Lipinski definition) is 6. The van der Waals surface area contributed by atoms with Gasteiger partial charge in [-0.1, -0.05) is 6.08 Å². The Morgan fingerprint density at radius 1 is 1.54 bits per heavy atom. The number of nitrogens with one attached hydrogen (secondary N) is 1. The molecular formula is C16H18N2O6. The summed E-state index contributed by atoms with van der Waals surface area (Å²) in [7, 11) is 0. The van der Waals surface area contributed by atoms with Crippen molar-refractivity contribution >= 4 is 11.9 Å². The van der Waals surface area contributed by atoms with Crippen LogP contribution in [0.4, 0.5) is 0 Å². The van der Waals surface area contributed by atoms with E-state index in [2.05, 4.69) is 16.9 Å². The van der Waals surface area contributed by atoms with Gasteiger partial charge in [0.2, 0.25) is 5.91 Å². The maximum Gasteiger partial charge on any atom is 0.328 e. The highest BCUT2D eigenvalue weighted by atomic mass is 16.5. The number of carboxylic acids is 1. The maximum absolute atomic E-state index is 12.1. The van der Waals surface area contributed by atoms with Crippen LogP contribution in [-0.2, 0) is 20.7 Å². The second-order valence-corrected chi connectivity index (χ2v) is 4.96. The van der Waals surface area contributed by atoms with E-state index in [0.717, 1.165) is 0 Å². The number of oxazole rings is 1. The minimum absolute atomic E-state index is 0.110. The second kappa shape index (κ2) is 8.11. The number of carbonyl (C=O) groups is 2. The van der Waals surface area contributed by atoms with Gasteiger partial charge in [-0.3, -0.25) is 4.79 Å². The zero-order valence-electron chi connectivity index (χ0n) is 13.2. The minimum Gasteiger partial charge on any atom is -0.480 e. The topological polar surface area (TPSA) is 115 Å². The van der Waals surface area contributed by atoms with Crippen molar-refractivity contribution in [3.8, 4) is 11.7 Å². The molecule has 2 heterocycles. The van der Waals surface area contributed by atoms with Gasteiger partial charge in [0.25, 0.3) is 5.89 Å². The van der Waals surface area contributed by atoms with Gasteiger partial charge >= 0.3 is 5.97 Å². The quantitative estimate of drug-likeness (QED) is 0.528. The van der Waals surface area contributed by atoms with Gasteiger partial charge in [0.05, 0.1) is 31.6 Å². The fraction of sp³-hybridized carbons (Fsp3) is 0.312. The first-order valence-corrected chi connectivity index (χ1v) is 7.22. The van der Waals surface area contributed by atoms with E-state index in [1.807, 2.05) is 0 Å². The Morgan fingerprint density at radius 3 is 2.96 bits per heavy atom. The molecule has 0 spiro atoms. The molecule has 0 aliphatic heterocycles. The molecule has 0 aliphatic carbocycles. The van der Waals surface area contributed by atoms with Crippen molar-refractivity contribution in [1.29, 1.82) is 0 Å². The number of aryl methyl sites for hydroxylation is 1. The molecule has 2 aromatic rings. The lowest BCUT2D eigenvalue weighted by Gasteiger charge is -2.13. The van der Waals surface area contributed by atoms with Crippen LogP contribution in [0.15, 0.2) is 39.9 Å². The third-order valence-corrected chi connectivity index (χ3v) is 3.11. The van der Waals surface area contributed by atoms with Crippen LogP contribution in [-0.4, -0.2) is 41.2 Å². The third kappa shape index (κ3) is 4.56. The molecule has 8 heteroatoms. The van der Waals surface area contributed by atoms with Crippen LogP contribution in [0.5, 0.6) is 0 Å². The standard InChI is InChI=1S/C16H18N2O6/c1-3-6-22-9-12(16(20)21)17-14(19)8-11-10(2)24-15(18-11)13-5-4-7-23-13/h3-5,7,12H,1,6,8-9H2,2H3,(H,17,19)(H,20,21). The summed E-state index contributed by atoms with van der Waals surface area (Å²) < 4.78 is 15.7. The maximum atomic E-state index is 12.1. The van der Waals surface area contributed by atoms with E-state index in [1.165, 1.54) is 12.3 Å². The first kappa shape index (κ1) is 17.5. The van der Waals surface area contributed by atoms with Gasteiger partial charge in [-0.2, -0.15) is 0 Å². The van der Waals surface area contributed by atoms with E-state index in [9.17, 15) is 9.59 Å². The lowest BCUT2D eigenvalue weighted by Crippen LogP contribution is -2.44. The Morgan fingerprint density at radius 2 is 2.33 bits per heavy atom. The molecule has 2 rings (SSSR count). The summed E-state index contributed by atoms with van der Waals surface area (Å²) in [5.74, 6) is -0.491. The number of rotatable bonds is 9. The smallest absolute Gasteiger partial charge is 0.328 e. The molecule has 2 N–H and O–H groups in total. The van der Waals surface area contributed by atoms with Gasteiger partial charge in [-0.15, -0.1) is 6.58 Å². The first-order valence-electron chi connectivity index (χ1n) is 7.22. The molecule has 1 atom stereocenters. The van der Waals surface area contributed by atoms with Crippen molar-refractivity contribution in [2.75, 3.05) is 13.2 Å². The van der Waals surface area contributed by atoms with Crippen LogP contribution in [0, 0.1) is 6.92 Å². The van der Waals surface area contributed by atoms with Crippen LogP contribution in [0.1, 0.15) is 11.5 Å². The van der Waals surface area contributed by atoms with Gasteiger partial charge in [0.15, 0.2) is 11.8 Å². The summed E-state index contributed by atoms with van der Waals surface area (Å²) in [6.45, 7) is 5.19. The second-order valence-electron chi connectivity index (χ2n) is 4.96. The monoisotopic (exact) mass is 334 g/mol. The van der Waals surface area contributed by atoms with Gasteiger partial charge < -0.3 is 24.0 Å². The Hall–Kier alpha value is -2.87. The summed E-state index contributed by atoms with van der Waals surface area (Å²) in [4.78, 5) is 27.4. The first-order chi connectivity index (χ1) is 11.5. The van der Waals surface area contributed by atoms with Crippen LogP contribution in [0.3, 0.4) is 0 Å². The number of furan rings is 1. The minimum atomic E-state index is -1.18. The fourth-order valence-corrected chi connectivity index (χ4v) is 1.94. The molecule has 128 valence electrons. The summed E-state index contributed by atoms with van der Waals surface area (Å²) in [6, 6.07) is 2.24. The molecule has 1 amide bonds. The highest BCUT2D eigenvalue weighted by molar-refractivity contribution is 5.84. The van der Waals surface area contributed by atoms with Gasteiger partial charge in [-0.25, -0.2) is 9.78 Å². The number of hydrogen-bond donors (Lipinski definition) is 2. The van der Waals surface area contributed by atoms with E-state index >= 15 is 0 Å². The highest BCUT2D eigenvalue weighted by Crippen LogP contribution is 2.22. The number of amides is 1. The summed E-state index contributed by atoms with van der Waals surface area (Å²) in [5, 5.41) is 11.5. The van der Waals surface area contributed by atoms with Crippen LogP contribution in [0.25, 0.3) is 11.7 Å². The molecular weight excluding hydrogens is 316 g/mol. The number of carbonyl (C=O) groups excluding carboxylic acids is 1. The lowest BCUT2D eigenvalue weighted by molar-refractivity contribution is -0.143. The summed E-state index contributed by atoms with van der Waals surface area (Å²) in [6.07, 6.45) is 2.87. The molecule has 0 aromatic carbocycles. The molecule has 0 saturated carbocycles. The Kier molecular flexibility index (Phi) is 5.91. The van der Waals surface area contributed by atoms with Crippen LogP contribution >= 0.6 is 0 Å². The Bertz CT molecular complexity index is 704. The van der Waals surface area contributed by atoms with E-state index in [4.69, 9.17) is 18.7 Å². The SMILES string of the molecule is C=CCOCC(NC(=O)Cc1nc(-c2ccco2)oc1C)C(=O)O. The fourth-order valence-electron chi connectivity index (χ4n) is 1.94. The lowest BCUT2D eigenvalue weighted by atomic mass is 10.2. The van der Waals surface area contributed by atoms with E-state index in [0.29, 0.717) is 17.2 Å². The average molecular weight is 334 g/mol. The van der Waals surface area contributed by atoms with Crippen molar-refractivity contribution in [3.63, 3.8) is 0 Å². The molecule has 24 heavy (non-hydrogen) atoms.